The van der Waals surface area contributed by atoms with E-state index in [0.717, 1.165) is 28.3 Å². The second kappa shape index (κ2) is 6.16. The van der Waals surface area contributed by atoms with Gasteiger partial charge in [0, 0.05) is 23.1 Å². The Morgan fingerprint density at radius 3 is 2.39 bits per heavy atom. The standard InChI is InChI=1S/C16H14F3NO2S/c1-8-9(2)23-14(15(22)20-3)12(8)13(21)10-5-4-6-11(7-10)16(17,18)19/h4-7H,1-3H3,(H,20,22). The molecule has 0 spiro atoms. The first-order valence-corrected chi connectivity index (χ1v) is 7.52. The van der Waals surface area contributed by atoms with Crippen molar-refractivity contribution in [3.05, 3.63) is 56.3 Å². The third-order valence-corrected chi connectivity index (χ3v) is 4.70. The minimum Gasteiger partial charge on any atom is -0.354 e. The number of amides is 1. The summed E-state index contributed by atoms with van der Waals surface area (Å²) in [5.41, 5.74) is -0.220. The molecule has 7 heteroatoms. The van der Waals surface area contributed by atoms with Gasteiger partial charge in [-0.3, -0.25) is 9.59 Å². The molecule has 1 aromatic carbocycles. The molecule has 0 radical (unpaired) electrons. The Bertz CT molecular complexity index is 778. The highest BCUT2D eigenvalue weighted by molar-refractivity contribution is 7.14. The monoisotopic (exact) mass is 341 g/mol. The van der Waals surface area contributed by atoms with Crippen LogP contribution in [0.5, 0.6) is 0 Å². The zero-order valence-corrected chi connectivity index (χ0v) is 13.5. The molecule has 0 saturated carbocycles. The number of carbonyl (C=O) groups excluding carboxylic acids is 2. The summed E-state index contributed by atoms with van der Waals surface area (Å²) in [6, 6.07) is 4.21. The molecule has 0 fully saturated rings. The highest BCUT2D eigenvalue weighted by Gasteiger charge is 2.32. The van der Waals surface area contributed by atoms with E-state index in [9.17, 15) is 22.8 Å². The van der Waals surface area contributed by atoms with Crippen LogP contribution in [0.1, 0.15) is 41.6 Å². The zero-order valence-electron chi connectivity index (χ0n) is 12.7. The maximum Gasteiger partial charge on any atom is 0.416 e. The number of hydrogen-bond donors (Lipinski definition) is 1. The fourth-order valence-electron chi connectivity index (χ4n) is 2.15. The Balaban J connectivity index is 2.56. The van der Waals surface area contributed by atoms with E-state index in [-0.39, 0.29) is 16.0 Å². The molecule has 0 aliphatic rings. The summed E-state index contributed by atoms with van der Waals surface area (Å²) in [6.45, 7) is 3.44. The first-order chi connectivity index (χ1) is 10.7. The smallest absolute Gasteiger partial charge is 0.354 e. The molecule has 2 rings (SSSR count). The van der Waals surface area contributed by atoms with Crippen LogP contribution in [-0.4, -0.2) is 18.7 Å². The van der Waals surface area contributed by atoms with Gasteiger partial charge in [0.1, 0.15) is 4.88 Å². The molecule has 0 saturated heterocycles. The van der Waals surface area contributed by atoms with Gasteiger partial charge in [0.2, 0.25) is 0 Å². The van der Waals surface area contributed by atoms with Gasteiger partial charge < -0.3 is 5.32 Å². The van der Waals surface area contributed by atoms with E-state index >= 15 is 0 Å². The van der Waals surface area contributed by atoms with Crippen LogP contribution >= 0.6 is 11.3 Å². The number of ketones is 1. The number of benzene rings is 1. The average Bonchev–Trinajstić information content (AvgIpc) is 2.80. The van der Waals surface area contributed by atoms with Crippen LogP contribution in [0.2, 0.25) is 0 Å². The Hall–Kier alpha value is -2.15. The molecule has 0 aliphatic heterocycles. The van der Waals surface area contributed by atoms with Crippen molar-refractivity contribution in [2.24, 2.45) is 0 Å². The van der Waals surface area contributed by atoms with E-state index in [0.29, 0.717) is 5.56 Å². The Kier molecular flexibility index (Phi) is 4.61. The van der Waals surface area contributed by atoms with Crippen LogP contribution in [0, 0.1) is 13.8 Å². The van der Waals surface area contributed by atoms with Gasteiger partial charge in [0.15, 0.2) is 5.78 Å². The SMILES string of the molecule is CNC(=O)c1sc(C)c(C)c1C(=O)c1cccc(C(F)(F)F)c1. The molecular weight excluding hydrogens is 327 g/mol. The van der Waals surface area contributed by atoms with Crippen molar-refractivity contribution >= 4 is 23.0 Å². The summed E-state index contributed by atoms with van der Waals surface area (Å²) in [4.78, 5) is 25.6. The van der Waals surface area contributed by atoms with Gasteiger partial charge in [-0.15, -0.1) is 11.3 Å². The summed E-state index contributed by atoms with van der Waals surface area (Å²) in [6.07, 6.45) is -4.53. The summed E-state index contributed by atoms with van der Waals surface area (Å²) in [5, 5.41) is 2.44. The average molecular weight is 341 g/mol. The van der Waals surface area contributed by atoms with Gasteiger partial charge in [-0.25, -0.2) is 0 Å². The minimum atomic E-state index is -4.53. The predicted molar refractivity (Wildman–Crippen MR) is 82.1 cm³/mol. The lowest BCUT2D eigenvalue weighted by molar-refractivity contribution is -0.137. The topological polar surface area (TPSA) is 46.2 Å². The third kappa shape index (κ3) is 3.29. The zero-order chi connectivity index (χ0) is 17.4. The van der Waals surface area contributed by atoms with Gasteiger partial charge in [0.25, 0.3) is 5.91 Å². The molecule has 1 N–H and O–H groups in total. The second-order valence-electron chi connectivity index (χ2n) is 4.97. The van der Waals surface area contributed by atoms with Crippen molar-refractivity contribution in [2.45, 2.75) is 20.0 Å². The van der Waals surface area contributed by atoms with Crippen LogP contribution in [0.3, 0.4) is 0 Å². The largest absolute Gasteiger partial charge is 0.416 e. The Morgan fingerprint density at radius 1 is 1.17 bits per heavy atom. The molecule has 0 atom stereocenters. The van der Waals surface area contributed by atoms with Crippen molar-refractivity contribution < 1.29 is 22.8 Å². The Morgan fingerprint density at radius 2 is 1.83 bits per heavy atom. The highest BCUT2D eigenvalue weighted by atomic mass is 32.1. The molecule has 0 aliphatic carbocycles. The van der Waals surface area contributed by atoms with E-state index in [1.165, 1.54) is 19.2 Å². The molecule has 1 aromatic heterocycles. The van der Waals surface area contributed by atoms with Crippen LogP contribution in [0.15, 0.2) is 24.3 Å². The van der Waals surface area contributed by atoms with Crippen molar-refractivity contribution in [1.82, 2.24) is 5.32 Å². The van der Waals surface area contributed by atoms with E-state index in [1.54, 1.807) is 13.8 Å². The van der Waals surface area contributed by atoms with E-state index in [2.05, 4.69) is 5.32 Å². The molecule has 122 valence electrons. The van der Waals surface area contributed by atoms with Gasteiger partial charge in [0.05, 0.1) is 5.56 Å². The van der Waals surface area contributed by atoms with Crippen molar-refractivity contribution in [1.29, 1.82) is 0 Å². The van der Waals surface area contributed by atoms with Crippen molar-refractivity contribution in [3.8, 4) is 0 Å². The van der Waals surface area contributed by atoms with E-state index in [1.807, 2.05) is 0 Å². The third-order valence-electron chi connectivity index (χ3n) is 3.50. The van der Waals surface area contributed by atoms with E-state index < -0.39 is 23.4 Å². The van der Waals surface area contributed by atoms with Gasteiger partial charge in [-0.2, -0.15) is 13.2 Å². The van der Waals surface area contributed by atoms with Crippen LogP contribution in [0.25, 0.3) is 0 Å². The molecule has 0 unspecified atom stereocenters. The normalized spacial score (nSPS) is 11.4. The first-order valence-electron chi connectivity index (χ1n) is 6.70. The van der Waals surface area contributed by atoms with Gasteiger partial charge >= 0.3 is 6.18 Å². The van der Waals surface area contributed by atoms with Gasteiger partial charge in [-0.1, -0.05) is 12.1 Å². The number of aryl methyl sites for hydroxylation is 1. The molecule has 1 amide bonds. The maximum absolute atomic E-state index is 12.8. The highest BCUT2D eigenvalue weighted by Crippen LogP contribution is 2.32. The van der Waals surface area contributed by atoms with Crippen LogP contribution < -0.4 is 5.32 Å². The molecule has 0 bridgehead atoms. The first kappa shape index (κ1) is 17.2. The number of hydrogen-bond acceptors (Lipinski definition) is 3. The summed E-state index contributed by atoms with van der Waals surface area (Å²) in [7, 11) is 1.44. The molecule has 2 aromatic rings. The lowest BCUT2D eigenvalue weighted by atomic mass is 9.98. The fraction of sp³-hybridized carbons (Fsp3) is 0.250. The number of rotatable bonds is 3. The second-order valence-corrected chi connectivity index (χ2v) is 6.20. The number of halogens is 3. The quantitative estimate of drug-likeness (QED) is 0.859. The van der Waals surface area contributed by atoms with E-state index in [4.69, 9.17) is 0 Å². The molecule has 1 heterocycles. The lowest BCUT2D eigenvalue weighted by Gasteiger charge is -2.09. The predicted octanol–water partition coefficient (Wildman–Crippen LogP) is 3.97. The number of thiophene rings is 1. The molecule has 23 heavy (non-hydrogen) atoms. The summed E-state index contributed by atoms with van der Waals surface area (Å²) >= 11 is 1.15. The molecular formula is C16H14F3NO2S. The fourth-order valence-corrected chi connectivity index (χ4v) is 3.26. The minimum absolute atomic E-state index is 0.0918. The maximum atomic E-state index is 12.8. The van der Waals surface area contributed by atoms with Crippen molar-refractivity contribution in [2.75, 3.05) is 7.05 Å². The van der Waals surface area contributed by atoms with Gasteiger partial charge in [-0.05, 0) is 31.5 Å². The number of nitrogens with one attached hydrogen (secondary N) is 1. The summed E-state index contributed by atoms with van der Waals surface area (Å²) in [5.74, 6) is -1.02. The van der Waals surface area contributed by atoms with Crippen LogP contribution in [0.4, 0.5) is 13.2 Å². The van der Waals surface area contributed by atoms with Crippen molar-refractivity contribution in [3.63, 3.8) is 0 Å². The number of alkyl halides is 3. The number of carbonyl (C=O) groups is 2. The summed E-state index contributed by atoms with van der Waals surface area (Å²) < 4.78 is 38.4. The Labute approximate surface area is 135 Å². The lowest BCUT2D eigenvalue weighted by Crippen LogP contribution is -2.20. The van der Waals surface area contributed by atoms with Crippen LogP contribution in [-0.2, 0) is 6.18 Å². The molecule has 3 nitrogen and oxygen atoms in total.